The number of sulfonamides is 1. The Hall–Kier alpha value is -0.170. The van der Waals surface area contributed by atoms with Gasteiger partial charge in [0.15, 0.2) is 0 Å². The van der Waals surface area contributed by atoms with Crippen LogP contribution in [0.3, 0.4) is 0 Å². The molecule has 18 heavy (non-hydrogen) atoms. The molecule has 1 saturated heterocycles. The molecule has 2 atom stereocenters. The molecule has 2 fully saturated rings. The van der Waals surface area contributed by atoms with Gasteiger partial charge in [0.05, 0.1) is 11.4 Å². The minimum atomic E-state index is -3.30. The summed E-state index contributed by atoms with van der Waals surface area (Å²) >= 11 is 0. The summed E-state index contributed by atoms with van der Waals surface area (Å²) < 4.78 is 32.1. The lowest BCUT2D eigenvalue weighted by molar-refractivity contribution is -0.0228. The molecule has 0 aromatic rings. The molecule has 0 aromatic carbocycles. The fourth-order valence-electron chi connectivity index (χ4n) is 2.72. The highest BCUT2D eigenvalue weighted by Crippen LogP contribution is 2.27. The predicted octanol–water partition coefficient (Wildman–Crippen LogP) is 0.778. The van der Waals surface area contributed by atoms with Gasteiger partial charge < -0.3 is 9.84 Å². The molecule has 106 valence electrons. The number of ether oxygens (including phenoxy) is 1. The third kappa shape index (κ3) is 3.04. The van der Waals surface area contributed by atoms with E-state index in [9.17, 15) is 13.5 Å². The Balaban J connectivity index is 1.92. The summed E-state index contributed by atoms with van der Waals surface area (Å²) in [5, 5.41) is 9.98. The van der Waals surface area contributed by atoms with E-state index in [0.29, 0.717) is 13.0 Å². The van der Waals surface area contributed by atoms with Gasteiger partial charge in [-0.1, -0.05) is 19.3 Å². The maximum absolute atomic E-state index is 12.1. The summed E-state index contributed by atoms with van der Waals surface area (Å²) in [6.45, 7) is 2.33. The lowest BCUT2D eigenvalue weighted by atomic mass is 9.97. The lowest BCUT2D eigenvalue weighted by Gasteiger charge is -2.28. The van der Waals surface area contributed by atoms with Crippen LogP contribution in [0.5, 0.6) is 0 Å². The average Bonchev–Trinajstić information content (AvgIpc) is 2.69. The maximum atomic E-state index is 12.1. The van der Waals surface area contributed by atoms with Crippen molar-refractivity contribution in [3.05, 3.63) is 0 Å². The van der Waals surface area contributed by atoms with Gasteiger partial charge in [0.2, 0.25) is 10.0 Å². The largest absolute Gasteiger partial charge is 0.386 e. The van der Waals surface area contributed by atoms with Gasteiger partial charge >= 0.3 is 0 Å². The Kier molecular flexibility index (Phi) is 4.31. The van der Waals surface area contributed by atoms with Crippen molar-refractivity contribution in [3.8, 4) is 0 Å². The smallest absolute Gasteiger partial charge is 0.214 e. The van der Waals surface area contributed by atoms with Crippen LogP contribution in [0.2, 0.25) is 0 Å². The van der Waals surface area contributed by atoms with Crippen molar-refractivity contribution < 1.29 is 18.3 Å². The molecule has 2 unspecified atom stereocenters. The number of hydrogen-bond acceptors (Lipinski definition) is 4. The molecule has 0 radical (unpaired) electrons. The first-order valence-corrected chi connectivity index (χ1v) is 8.31. The Bertz CT molecular complexity index is 378. The first kappa shape index (κ1) is 14.2. The number of aliphatic hydroxyl groups is 1. The quantitative estimate of drug-likeness (QED) is 0.796. The molecule has 2 aliphatic rings. The minimum Gasteiger partial charge on any atom is -0.386 e. The number of hydrogen-bond donors (Lipinski definition) is 2. The zero-order valence-corrected chi connectivity index (χ0v) is 11.7. The minimum absolute atomic E-state index is 0.0625. The normalized spacial score (nSPS) is 34.9. The van der Waals surface area contributed by atoms with Gasteiger partial charge in [0.1, 0.15) is 5.60 Å². The monoisotopic (exact) mass is 277 g/mol. The first-order chi connectivity index (χ1) is 8.44. The Morgan fingerprint density at radius 2 is 2.00 bits per heavy atom. The van der Waals surface area contributed by atoms with E-state index in [2.05, 4.69) is 4.72 Å². The second kappa shape index (κ2) is 5.45. The highest BCUT2D eigenvalue weighted by Gasteiger charge is 2.41. The van der Waals surface area contributed by atoms with Crippen LogP contribution in [0.25, 0.3) is 0 Å². The van der Waals surface area contributed by atoms with Gasteiger partial charge in [0.25, 0.3) is 0 Å². The van der Waals surface area contributed by atoms with Crippen LogP contribution < -0.4 is 4.72 Å². The predicted molar refractivity (Wildman–Crippen MR) is 68.8 cm³/mol. The van der Waals surface area contributed by atoms with Crippen molar-refractivity contribution in [2.45, 2.75) is 62.4 Å². The van der Waals surface area contributed by atoms with E-state index in [1.165, 1.54) is 0 Å². The van der Waals surface area contributed by atoms with Gasteiger partial charge in [-0.05, 0) is 19.8 Å². The fourth-order valence-corrected chi connectivity index (χ4v) is 4.36. The second-order valence-corrected chi connectivity index (χ2v) is 7.54. The molecule has 0 aromatic heterocycles. The molecule has 1 saturated carbocycles. The van der Waals surface area contributed by atoms with E-state index in [-0.39, 0.29) is 17.9 Å². The standard InChI is InChI=1S/C12H23NO4S/c1-10-12(14,7-8-17-10)9-13-18(15,16)11-5-3-2-4-6-11/h10-11,13-14H,2-9H2,1H3. The Morgan fingerprint density at radius 3 is 2.56 bits per heavy atom. The van der Waals surface area contributed by atoms with Crippen molar-refractivity contribution in [3.63, 3.8) is 0 Å². The fraction of sp³-hybridized carbons (Fsp3) is 1.00. The summed E-state index contributed by atoms with van der Waals surface area (Å²) in [7, 11) is -3.30. The zero-order valence-electron chi connectivity index (χ0n) is 10.9. The number of nitrogens with one attached hydrogen (secondary N) is 1. The van der Waals surface area contributed by atoms with E-state index in [0.717, 1.165) is 32.1 Å². The lowest BCUT2D eigenvalue weighted by Crippen LogP contribution is -2.49. The topological polar surface area (TPSA) is 75.6 Å². The average molecular weight is 277 g/mol. The molecule has 0 bridgehead atoms. The molecule has 1 aliphatic heterocycles. The molecule has 2 N–H and O–H groups in total. The van der Waals surface area contributed by atoms with Crippen molar-refractivity contribution >= 4 is 10.0 Å². The molecular weight excluding hydrogens is 254 g/mol. The second-order valence-electron chi connectivity index (χ2n) is 5.49. The highest BCUT2D eigenvalue weighted by atomic mass is 32.2. The summed E-state index contributed by atoms with van der Waals surface area (Å²) in [4.78, 5) is 0. The van der Waals surface area contributed by atoms with Crippen molar-refractivity contribution in [2.75, 3.05) is 13.2 Å². The van der Waals surface area contributed by atoms with Crippen LogP contribution in [-0.4, -0.2) is 43.6 Å². The van der Waals surface area contributed by atoms with Crippen LogP contribution in [0.4, 0.5) is 0 Å². The van der Waals surface area contributed by atoms with Gasteiger partial charge in [-0.25, -0.2) is 13.1 Å². The Labute approximate surface area is 109 Å². The summed E-state index contributed by atoms with van der Waals surface area (Å²) in [5.41, 5.74) is -1.05. The van der Waals surface area contributed by atoms with Crippen molar-refractivity contribution in [1.29, 1.82) is 0 Å². The van der Waals surface area contributed by atoms with Crippen molar-refractivity contribution in [1.82, 2.24) is 4.72 Å². The first-order valence-electron chi connectivity index (χ1n) is 6.76. The molecule has 0 spiro atoms. The molecule has 1 heterocycles. The van der Waals surface area contributed by atoms with E-state index in [1.807, 2.05) is 0 Å². The maximum Gasteiger partial charge on any atom is 0.214 e. The SMILES string of the molecule is CC1OCCC1(O)CNS(=O)(=O)C1CCCCC1. The Morgan fingerprint density at radius 1 is 1.33 bits per heavy atom. The third-order valence-corrected chi connectivity index (χ3v) is 6.13. The van der Waals surface area contributed by atoms with E-state index >= 15 is 0 Å². The molecule has 2 rings (SSSR count). The van der Waals surface area contributed by atoms with Crippen LogP contribution in [0.1, 0.15) is 45.4 Å². The molecule has 0 amide bonds. The zero-order chi connectivity index (χ0) is 13.2. The van der Waals surface area contributed by atoms with Crippen LogP contribution in [-0.2, 0) is 14.8 Å². The molecule has 5 nitrogen and oxygen atoms in total. The van der Waals surface area contributed by atoms with Crippen LogP contribution in [0, 0.1) is 0 Å². The van der Waals surface area contributed by atoms with Crippen LogP contribution >= 0.6 is 0 Å². The van der Waals surface area contributed by atoms with E-state index in [4.69, 9.17) is 4.74 Å². The summed E-state index contributed by atoms with van der Waals surface area (Å²) in [6.07, 6.45) is 4.73. The van der Waals surface area contributed by atoms with Gasteiger partial charge in [-0.3, -0.25) is 0 Å². The van der Waals surface area contributed by atoms with E-state index in [1.54, 1.807) is 6.92 Å². The highest BCUT2D eigenvalue weighted by molar-refractivity contribution is 7.90. The summed E-state index contributed by atoms with van der Waals surface area (Å²) in [6, 6.07) is 0. The van der Waals surface area contributed by atoms with Crippen LogP contribution in [0.15, 0.2) is 0 Å². The van der Waals surface area contributed by atoms with Gasteiger partial charge in [-0.2, -0.15) is 0 Å². The third-order valence-electron chi connectivity index (χ3n) is 4.23. The number of rotatable bonds is 4. The van der Waals surface area contributed by atoms with Crippen molar-refractivity contribution in [2.24, 2.45) is 0 Å². The van der Waals surface area contributed by atoms with Gasteiger partial charge in [0, 0.05) is 19.6 Å². The van der Waals surface area contributed by atoms with E-state index < -0.39 is 15.6 Å². The molecule has 6 heteroatoms. The summed E-state index contributed by atoms with van der Waals surface area (Å²) in [5.74, 6) is 0. The van der Waals surface area contributed by atoms with Gasteiger partial charge in [-0.15, -0.1) is 0 Å². The molecular formula is C12H23NO4S. The molecule has 1 aliphatic carbocycles.